The molecule has 0 spiro atoms. The summed E-state index contributed by atoms with van der Waals surface area (Å²) in [7, 11) is 1.80. The van der Waals surface area contributed by atoms with E-state index in [2.05, 4.69) is 31.2 Å². The van der Waals surface area contributed by atoms with Crippen molar-refractivity contribution in [2.75, 3.05) is 51.1 Å². The molecule has 2 aromatic carbocycles. The highest BCUT2D eigenvalue weighted by Crippen LogP contribution is 2.52. The lowest BCUT2D eigenvalue weighted by molar-refractivity contribution is -0.311. The van der Waals surface area contributed by atoms with Crippen LogP contribution in [0.25, 0.3) is 22.0 Å². The predicted molar refractivity (Wildman–Crippen MR) is 193 cm³/mol. The first-order valence-corrected chi connectivity index (χ1v) is 17.8. The normalized spacial score (nSPS) is 17.7. The van der Waals surface area contributed by atoms with Crippen LogP contribution < -0.4 is 25.8 Å². The molecular weight excluding hydrogens is 795 g/mol. The van der Waals surface area contributed by atoms with Crippen LogP contribution in [0.1, 0.15) is 36.0 Å². The number of nitriles is 1. The van der Waals surface area contributed by atoms with Crippen molar-refractivity contribution in [2.24, 2.45) is 5.73 Å². The summed E-state index contributed by atoms with van der Waals surface area (Å²) in [5.41, 5.74) is 7.85. The summed E-state index contributed by atoms with van der Waals surface area (Å²) in [6.07, 6.45) is -5.37. The fourth-order valence-electron chi connectivity index (χ4n) is 6.69. The number of hydrogen-bond acceptors (Lipinski definition) is 12. The molecule has 57 heavy (non-hydrogen) atoms. The number of nitrogens with two attached hydrogens (primary N) is 2. The molecule has 21 heteroatoms. The Bertz CT molecular complexity index is 2160. The number of pyridine rings is 1. The number of thioether (sulfide) groups is 1. The van der Waals surface area contributed by atoms with Gasteiger partial charge in [0, 0.05) is 49.1 Å². The molecule has 306 valence electrons. The molecule has 2 aromatic heterocycles. The highest BCUT2D eigenvalue weighted by atomic mass is 32.2. The van der Waals surface area contributed by atoms with E-state index in [0.717, 1.165) is 25.1 Å². The number of anilines is 2. The lowest BCUT2D eigenvalue weighted by Crippen LogP contribution is -2.28. The monoisotopic (exact) mass is 830 g/mol. The second kappa shape index (κ2) is 17.5. The number of methoxy groups -OCH3 is 2. The van der Waals surface area contributed by atoms with Crippen molar-refractivity contribution in [3.05, 3.63) is 70.4 Å². The van der Waals surface area contributed by atoms with Crippen molar-refractivity contribution in [1.82, 2.24) is 19.9 Å². The van der Waals surface area contributed by atoms with Gasteiger partial charge in [0.1, 0.15) is 53.1 Å². The first kappa shape index (κ1) is 42.9. The first-order valence-electron chi connectivity index (χ1n) is 17.0. The van der Waals surface area contributed by atoms with E-state index in [0.29, 0.717) is 37.0 Å². The number of fused-ring (bicyclic) bond motifs is 1. The Kier molecular flexibility index (Phi) is 13.2. The number of nitrogen functional groups attached to an aromatic ring is 1. The van der Waals surface area contributed by atoms with Crippen molar-refractivity contribution in [1.29, 1.82) is 5.26 Å². The van der Waals surface area contributed by atoms with E-state index in [-0.39, 0.29) is 47.8 Å². The van der Waals surface area contributed by atoms with Gasteiger partial charge in [0.05, 0.1) is 34.5 Å². The molecule has 3 aliphatic rings. The number of hydrogen-bond donors (Lipinski definition) is 2. The van der Waals surface area contributed by atoms with E-state index < -0.39 is 68.8 Å². The average Bonchev–Trinajstić information content (AvgIpc) is 3.68. The maximum absolute atomic E-state index is 16.5. The largest absolute Gasteiger partial charge is 0.522 e. The molecule has 0 aliphatic carbocycles. The van der Waals surface area contributed by atoms with Gasteiger partial charge in [-0.15, -0.1) is 13.2 Å². The second-order valence-electron chi connectivity index (χ2n) is 12.7. The summed E-state index contributed by atoms with van der Waals surface area (Å²) < 4.78 is 134. The molecule has 5 heterocycles. The van der Waals surface area contributed by atoms with Crippen LogP contribution >= 0.6 is 11.8 Å². The number of benzene rings is 2. The lowest BCUT2D eigenvalue weighted by Gasteiger charge is -2.24. The number of alkyl halides is 7. The van der Waals surface area contributed by atoms with Crippen LogP contribution in [0.4, 0.5) is 51.1 Å². The summed E-state index contributed by atoms with van der Waals surface area (Å²) in [6.45, 7) is 5.09. The Morgan fingerprint density at radius 1 is 1.12 bits per heavy atom. The zero-order valence-electron chi connectivity index (χ0n) is 30.3. The van der Waals surface area contributed by atoms with Gasteiger partial charge in [-0.2, -0.15) is 28.4 Å². The Balaban J connectivity index is 0.000000343. The molecule has 2 fully saturated rings. The van der Waals surface area contributed by atoms with Crippen molar-refractivity contribution in [3.63, 3.8) is 0 Å². The topological polar surface area (TPSA) is 149 Å². The molecule has 11 nitrogen and oxygen atoms in total. The highest BCUT2D eigenvalue weighted by molar-refractivity contribution is 8.03. The van der Waals surface area contributed by atoms with E-state index in [1.807, 2.05) is 0 Å². The van der Waals surface area contributed by atoms with Crippen LogP contribution in [-0.2, 0) is 17.5 Å². The number of nitrogens with zero attached hydrogens (tertiary/aromatic N) is 6. The average molecular weight is 831 g/mol. The molecule has 4 aromatic rings. The van der Waals surface area contributed by atoms with Crippen LogP contribution in [0.3, 0.4) is 0 Å². The predicted octanol–water partition coefficient (Wildman–Crippen LogP) is 7.72. The van der Waals surface area contributed by atoms with E-state index in [9.17, 15) is 40.4 Å². The molecule has 2 atom stereocenters. The number of aromatic nitrogens is 3. The minimum absolute atomic E-state index is 0.0198. The van der Waals surface area contributed by atoms with Crippen molar-refractivity contribution >= 4 is 34.3 Å². The van der Waals surface area contributed by atoms with Crippen molar-refractivity contribution in [2.45, 2.75) is 55.5 Å². The molecule has 2 saturated heterocycles. The van der Waals surface area contributed by atoms with Gasteiger partial charge in [-0.25, -0.2) is 18.2 Å². The molecule has 0 amide bonds. The Morgan fingerprint density at radius 2 is 1.84 bits per heavy atom. The maximum Gasteiger partial charge on any atom is 0.522 e. The van der Waals surface area contributed by atoms with Crippen LogP contribution in [0.15, 0.2) is 47.0 Å². The molecule has 0 saturated carbocycles. The molecule has 2 unspecified atom stereocenters. The zero-order valence-corrected chi connectivity index (χ0v) is 31.1. The SMILES string of the molecule is C=C(N)Sc1c(F)ccc(-c2c(C(F)(F)F)c3c4c(nc(OC)nc4c2F)N(Cc2cccnc2N)CCO3)c1C#N.COC(F)(F)F.FC1CC2CCCN2C1. The lowest BCUT2D eigenvalue weighted by atomic mass is 9.92. The van der Waals surface area contributed by atoms with E-state index in [4.69, 9.17) is 20.9 Å². The van der Waals surface area contributed by atoms with Gasteiger partial charge in [0.2, 0.25) is 0 Å². The number of halogens is 9. The minimum Gasteiger partial charge on any atom is -0.490 e. The summed E-state index contributed by atoms with van der Waals surface area (Å²) >= 11 is 0.526. The fraction of sp³-hybridized carbons (Fsp3) is 0.389. The molecule has 7 rings (SSSR count). The molecular formula is C36H35F9N8O3S. The summed E-state index contributed by atoms with van der Waals surface area (Å²) in [6, 6.07) is 6.98. The van der Waals surface area contributed by atoms with Gasteiger partial charge < -0.3 is 25.8 Å². The Labute approximate surface area is 324 Å². The van der Waals surface area contributed by atoms with Gasteiger partial charge in [-0.1, -0.05) is 24.4 Å². The first-order chi connectivity index (χ1) is 26.9. The van der Waals surface area contributed by atoms with Gasteiger partial charge >= 0.3 is 18.5 Å². The van der Waals surface area contributed by atoms with Crippen LogP contribution in [0.2, 0.25) is 0 Å². The van der Waals surface area contributed by atoms with Gasteiger partial charge in [0.25, 0.3) is 0 Å². The Morgan fingerprint density at radius 3 is 2.44 bits per heavy atom. The molecule has 0 radical (unpaired) electrons. The molecule has 3 aliphatic heterocycles. The molecule has 4 N–H and O–H groups in total. The number of ether oxygens (including phenoxy) is 3. The maximum atomic E-state index is 16.5. The van der Waals surface area contributed by atoms with Gasteiger partial charge in [0.15, 0.2) is 5.82 Å². The molecule has 0 bridgehead atoms. The third-order valence-electron chi connectivity index (χ3n) is 9.08. The smallest absolute Gasteiger partial charge is 0.490 e. The zero-order chi connectivity index (χ0) is 41.8. The number of rotatable bonds is 6. The van der Waals surface area contributed by atoms with Crippen molar-refractivity contribution < 1.29 is 53.7 Å². The Hall–Kier alpha value is -5.20. The van der Waals surface area contributed by atoms with Gasteiger partial charge in [-0.05, 0) is 44.0 Å². The summed E-state index contributed by atoms with van der Waals surface area (Å²) in [5.74, 6) is -3.06. The van der Waals surface area contributed by atoms with E-state index in [1.54, 1.807) is 23.1 Å². The van der Waals surface area contributed by atoms with Crippen molar-refractivity contribution in [3.8, 4) is 29.0 Å². The van der Waals surface area contributed by atoms with Crippen LogP contribution in [-0.4, -0.2) is 78.9 Å². The standard InChI is InChI=1S/C27H20F5N7O2S.C7H12FN.C2H3F3O/c1-12(34)42-23-15(10-33)14(5-6-16(23)28)17-19(27(30,31)32)22-18-21(20(17)29)37-26(40-2)38-25(18)39(8-9-41-22)11-13-4-3-7-36-24(13)35;8-6-4-7-2-1-3-9(7)5-6;1-6-2(3,4)5/h3-7H,1,8-9,11,34H2,2H3,(H2,35,36);6-7H,1-5H2;1H3. The summed E-state index contributed by atoms with van der Waals surface area (Å²) in [4.78, 5) is 15.8. The van der Waals surface area contributed by atoms with Gasteiger partial charge in [-0.3, -0.25) is 9.64 Å². The minimum atomic E-state index is -5.20. The van der Waals surface area contributed by atoms with E-state index in [1.165, 1.54) is 26.1 Å². The third-order valence-corrected chi connectivity index (χ3v) is 9.94. The second-order valence-corrected chi connectivity index (χ2v) is 13.9. The van der Waals surface area contributed by atoms with Crippen LogP contribution in [0.5, 0.6) is 11.8 Å². The fourth-order valence-corrected chi connectivity index (χ4v) is 7.38. The highest BCUT2D eigenvalue weighted by Gasteiger charge is 2.44. The summed E-state index contributed by atoms with van der Waals surface area (Å²) in [5, 5.41) is 9.40. The quantitative estimate of drug-likeness (QED) is 0.145. The van der Waals surface area contributed by atoms with E-state index >= 15 is 4.39 Å². The van der Waals surface area contributed by atoms with Crippen LogP contribution in [0, 0.1) is 23.0 Å². The third kappa shape index (κ3) is 9.68.